The molecule has 3 heteroatoms. The van der Waals surface area contributed by atoms with Crippen molar-refractivity contribution in [1.82, 2.24) is 15.0 Å². The molecule has 0 spiro atoms. The highest BCUT2D eigenvalue weighted by Gasteiger charge is 2.15. The molecule has 0 saturated carbocycles. The predicted molar refractivity (Wildman–Crippen MR) is 83.7 cm³/mol. The van der Waals surface area contributed by atoms with Crippen molar-refractivity contribution in [2.24, 2.45) is 0 Å². The van der Waals surface area contributed by atoms with Gasteiger partial charge in [0, 0.05) is 35.1 Å². The van der Waals surface area contributed by atoms with Crippen molar-refractivity contribution < 1.29 is 0 Å². The molecular weight excluding hydrogens is 246 g/mol. The highest BCUT2D eigenvalue weighted by atomic mass is 14.9. The molecule has 0 saturated heterocycles. The zero-order valence-electron chi connectivity index (χ0n) is 13.4. The summed E-state index contributed by atoms with van der Waals surface area (Å²) in [5.41, 5.74) is 1.40. The van der Waals surface area contributed by atoms with Crippen molar-refractivity contribution in [3.63, 3.8) is 0 Å². The first-order valence-corrected chi connectivity index (χ1v) is 6.90. The molecule has 0 N–H and O–H groups in total. The number of hydrogen-bond acceptors (Lipinski definition) is 3. The second-order valence-corrected chi connectivity index (χ2v) is 6.79. The Kier molecular flexibility index (Phi) is 5.37. The Morgan fingerprint density at radius 1 is 0.650 bits per heavy atom. The summed E-state index contributed by atoms with van der Waals surface area (Å²) in [5, 5.41) is 0. The summed E-state index contributed by atoms with van der Waals surface area (Å²) in [6, 6.07) is 7.85. The Morgan fingerprint density at radius 2 is 1.20 bits per heavy atom. The molecule has 0 atom stereocenters. The van der Waals surface area contributed by atoms with Gasteiger partial charge in [-0.3, -0.25) is 4.98 Å². The van der Waals surface area contributed by atoms with E-state index in [1.54, 1.807) is 12.4 Å². The summed E-state index contributed by atoms with van der Waals surface area (Å²) in [6.45, 7) is 12.8. The number of hydrogen-bond donors (Lipinski definition) is 0. The van der Waals surface area contributed by atoms with Crippen molar-refractivity contribution in [2.75, 3.05) is 0 Å². The van der Waals surface area contributed by atoms with E-state index in [0.717, 1.165) is 11.5 Å². The molecule has 0 unspecified atom stereocenters. The van der Waals surface area contributed by atoms with E-state index in [1.807, 2.05) is 24.4 Å². The Balaban J connectivity index is 0.000000200. The van der Waals surface area contributed by atoms with Crippen molar-refractivity contribution in [3.05, 3.63) is 54.4 Å². The van der Waals surface area contributed by atoms with Crippen molar-refractivity contribution in [1.29, 1.82) is 0 Å². The second-order valence-electron chi connectivity index (χ2n) is 6.79. The summed E-state index contributed by atoms with van der Waals surface area (Å²) in [4.78, 5) is 12.5. The van der Waals surface area contributed by atoms with Crippen molar-refractivity contribution >= 4 is 0 Å². The van der Waals surface area contributed by atoms with Gasteiger partial charge in [0.1, 0.15) is 5.82 Å². The zero-order chi connectivity index (χ0) is 15.2. The molecule has 20 heavy (non-hydrogen) atoms. The molecule has 2 aromatic heterocycles. The molecule has 2 heterocycles. The van der Waals surface area contributed by atoms with E-state index in [9.17, 15) is 0 Å². The summed E-state index contributed by atoms with van der Waals surface area (Å²) < 4.78 is 0. The normalized spacial score (nSPS) is 11.5. The maximum Gasteiger partial charge on any atom is 0.133 e. The maximum absolute atomic E-state index is 4.25. The van der Waals surface area contributed by atoms with Crippen LogP contribution in [0.3, 0.4) is 0 Å². The van der Waals surface area contributed by atoms with E-state index in [-0.39, 0.29) is 10.8 Å². The van der Waals surface area contributed by atoms with Crippen LogP contribution >= 0.6 is 0 Å². The van der Waals surface area contributed by atoms with E-state index in [0.29, 0.717) is 0 Å². The average Bonchev–Trinajstić information content (AvgIpc) is 2.40. The highest BCUT2D eigenvalue weighted by molar-refractivity contribution is 5.12. The highest BCUT2D eigenvalue weighted by Crippen LogP contribution is 2.18. The van der Waals surface area contributed by atoms with Gasteiger partial charge >= 0.3 is 0 Å². The predicted octanol–water partition coefficient (Wildman–Crippen LogP) is 4.15. The molecule has 0 aliphatic heterocycles. The Hall–Kier alpha value is -1.77. The van der Waals surface area contributed by atoms with Gasteiger partial charge in [0.15, 0.2) is 0 Å². The van der Waals surface area contributed by atoms with E-state index < -0.39 is 0 Å². The van der Waals surface area contributed by atoms with Gasteiger partial charge in [0.2, 0.25) is 0 Å². The lowest BCUT2D eigenvalue weighted by Crippen LogP contribution is -2.14. The van der Waals surface area contributed by atoms with E-state index in [1.165, 1.54) is 0 Å². The molecule has 0 aliphatic carbocycles. The van der Waals surface area contributed by atoms with E-state index in [4.69, 9.17) is 0 Å². The third kappa shape index (κ3) is 5.47. The van der Waals surface area contributed by atoms with Crippen LogP contribution < -0.4 is 0 Å². The smallest absolute Gasteiger partial charge is 0.133 e. The first-order valence-electron chi connectivity index (χ1n) is 6.90. The third-order valence-electron chi connectivity index (χ3n) is 2.67. The van der Waals surface area contributed by atoms with E-state index in [2.05, 4.69) is 62.6 Å². The van der Waals surface area contributed by atoms with Gasteiger partial charge < -0.3 is 0 Å². The Labute approximate surface area is 122 Å². The SMILES string of the molecule is CC(C)(C)c1ccccn1.CC(C)(C)c1ncccn1. The van der Waals surface area contributed by atoms with Gasteiger partial charge in [0.05, 0.1) is 0 Å². The molecule has 2 rings (SSSR count). The van der Waals surface area contributed by atoms with Crippen LogP contribution in [0.1, 0.15) is 53.1 Å². The fourth-order valence-corrected chi connectivity index (χ4v) is 1.49. The van der Waals surface area contributed by atoms with Gasteiger partial charge in [-0.2, -0.15) is 0 Å². The van der Waals surface area contributed by atoms with Gasteiger partial charge in [-0.25, -0.2) is 9.97 Å². The van der Waals surface area contributed by atoms with Crippen LogP contribution in [-0.4, -0.2) is 15.0 Å². The van der Waals surface area contributed by atoms with Crippen LogP contribution in [-0.2, 0) is 10.8 Å². The van der Waals surface area contributed by atoms with Crippen molar-refractivity contribution in [3.8, 4) is 0 Å². The summed E-state index contributed by atoms with van der Waals surface area (Å²) in [7, 11) is 0. The molecular formula is C17H25N3. The molecule has 2 aromatic rings. The minimum Gasteiger partial charge on any atom is -0.261 e. The molecule has 0 aromatic carbocycles. The molecule has 0 bridgehead atoms. The molecule has 0 amide bonds. The largest absolute Gasteiger partial charge is 0.261 e. The molecule has 3 nitrogen and oxygen atoms in total. The number of nitrogens with zero attached hydrogens (tertiary/aromatic N) is 3. The minimum atomic E-state index is 0.0707. The summed E-state index contributed by atoms with van der Waals surface area (Å²) >= 11 is 0. The molecule has 108 valence electrons. The minimum absolute atomic E-state index is 0.0707. The summed E-state index contributed by atoms with van der Waals surface area (Å²) in [6.07, 6.45) is 5.38. The van der Waals surface area contributed by atoms with Crippen molar-refractivity contribution in [2.45, 2.75) is 52.4 Å². The van der Waals surface area contributed by atoms with Crippen LogP contribution in [0.4, 0.5) is 0 Å². The number of pyridine rings is 1. The monoisotopic (exact) mass is 271 g/mol. The standard InChI is InChI=1S/C9H13N.C8H12N2/c1-9(2,3)8-6-4-5-7-10-8;1-8(2,3)7-9-5-4-6-10-7/h4-7H,1-3H3;4-6H,1-3H3. The van der Waals surface area contributed by atoms with Crippen LogP contribution in [0.2, 0.25) is 0 Å². The second kappa shape index (κ2) is 6.60. The summed E-state index contributed by atoms with van der Waals surface area (Å²) in [5.74, 6) is 0.898. The van der Waals surface area contributed by atoms with Crippen LogP contribution in [0, 0.1) is 0 Å². The fourth-order valence-electron chi connectivity index (χ4n) is 1.49. The van der Waals surface area contributed by atoms with Gasteiger partial charge in [-0.05, 0) is 18.2 Å². The Bertz CT molecular complexity index is 444. The maximum atomic E-state index is 4.25. The zero-order valence-corrected chi connectivity index (χ0v) is 13.4. The Morgan fingerprint density at radius 3 is 1.50 bits per heavy atom. The molecule has 0 aliphatic rings. The lowest BCUT2D eigenvalue weighted by atomic mass is 9.92. The van der Waals surface area contributed by atoms with Crippen LogP contribution in [0.5, 0.6) is 0 Å². The number of aromatic nitrogens is 3. The fraction of sp³-hybridized carbons (Fsp3) is 0.471. The topological polar surface area (TPSA) is 38.7 Å². The van der Waals surface area contributed by atoms with E-state index >= 15 is 0 Å². The average molecular weight is 271 g/mol. The quantitative estimate of drug-likeness (QED) is 0.722. The number of rotatable bonds is 0. The molecule has 0 radical (unpaired) electrons. The van der Waals surface area contributed by atoms with Crippen LogP contribution in [0.15, 0.2) is 42.9 Å². The third-order valence-corrected chi connectivity index (χ3v) is 2.67. The van der Waals surface area contributed by atoms with Gasteiger partial charge in [-0.1, -0.05) is 47.6 Å². The lowest BCUT2D eigenvalue weighted by Gasteiger charge is -2.16. The lowest BCUT2D eigenvalue weighted by molar-refractivity contribution is 0.545. The van der Waals surface area contributed by atoms with Gasteiger partial charge in [-0.15, -0.1) is 0 Å². The van der Waals surface area contributed by atoms with Gasteiger partial charge in [0.25, 0.3) is 0 Å². The first kappa shape index (κ1) is 16.3. The molecule has 0 fully saturated rings. The first-order chi connectivity index (χ1) is 9.21. The van der Waals surface area contributed by atoms with Crippen LogP contribution in [0.25, 0.3) is 0 Å².